The number of carbonyl (C=O) groups is 1. The molecule has 0 aromatic heterocycles. The van der Waals surface area contributed by atoms with Crippen LogP contribution in [0.25, 0.3) is 0 Å². The van der Waals surface area contributed by atoms with Crippen LogP contribution in [0.15, 0.2) is 30.9 Å². The van der Waals surface area contributed by atoms with E-state index in [1.807, 2.05) is 0 Å². The van der Waals surface area contributed by atoms with Gasteiger partial charge in [0.25, 0.3) is 0 Å². The summed E-state index contributed by atoms with van der Waals surface area (Å²) >= 11 is 5.63. The molecular formula is C10H7ClF2O2. The molecule has 0 heterocycles. The maximum absolute atomic E-state index is 11.9. The number of hydrogen-bond donors (Lipinski definition) is 0. The summed E-state index contributed by atoms with van der Waals surface area (Å²) < 4.78 is 27.8. The van der Waals surface area contributed by atoms with E-state index in [0.717, 1.165) is 6.08 Å². The predicted octanol–water partition coefficient (Wildman–Crippen LogP) is 3.31. The first kappa shape index (κ1) is 11.7. The number of ketones is 1. The Kier molecular flexibility index (Phi) is 3.80. The maximum atomic E-state index is 11.9. The van der Waals surface area contributed by atoms with Crippen molar-refractivity contribution in [3.05, 3.63) is 41.4 Å². The van der Waals surface area contributed by atoms with Crippen LogP contribution in [0.1, 0.15) is 10.4 Å². The molecular weight excluding hydrogens is 226 g/mol. The monoisotopic (exact) mass is 232 g/mol. The molecule has 2 nitrogen and oxygen atoms in total. The average Bonchev–Trinajstić information content (AvgIpc) is 2.19. The van der Waals surface area contributed by atoms with Crippen molar-refractivity contribution in [2.75, 3.05) is 0 Å². The molecule has 0 N–H and O–H groups in total. The van der Waals surface area contributed by atoms with Gasteiger partial charge in [-0.15, -0.1) is 0 Å². The normalized spacial score (nSPS) is 10.1. The van der Waals surface area contributed by atoms with E-state index in [2.05, 4.69) is 11.3 Å². The maximum Gasteiger partial charge on any atom is 0.387 e. The molecule has 80 valence electrons. The lowest BCUT2D eigenvalue weighted by atomic mass is 10.1. The Labute approximate surface area is 90.1 Å². The Morgan fingerprint density at radius 2 is 2.20 bits per heavy atom. The molecule has 1 rings (SSSR count). The zero-order valence-corrected chi connectivity index (χ0v) is 8.30. The molecule has 0 saturated carbocycles. The van der Waals surface area contributed by atoms with Crippen LogP contribution in [-0.2, 0) is 0 Å². The third-order valence-corrected chi connectivity index (χ3v) is 1.91. The standard InChI is InChI=1S/C10H7ClF2O2/c1-2-8(14)6-3-4-9(7(11)5-6)15-10(12)13/h2-5,10H,1H2. The Hall–Kier alpha value is -1.42. The van der Waals surface area contributed by atoms with Crippen molar-refractivity contribution in [2.45, 2.75) is 6.61 Å². The van der Waals surface area contributed by atoms with E-state index in [1.165, 1.54) is 18.2 Å². The van der Waals surface area contributed by atoms with Gasteiger partial charge in [0.05, 0.1) is 5.02 Å². The van der Waals surface area contributed by atoms with Crippen molar-refractivity contribution in [3.63, 3.8) is 0 Å². The quantitative estimate of drug-likeness (QED) is 0.588. The highest BCUT2D eigenvalue weighted by Gasteiger charge is 2.10. The molecule has 0 saturated heterocycles. The largest absolute Gasteiger partial charge is 0.433 e. The van der Waals surface area contributed by atoms with Gasteiger partial charge in [0.2, 0.25) is 0 Å². The lowest BCUT2D eigenvalue weighted by molar-refractivity contribution is -0.0497. The first-order valence-electron chi connectivity index (χ1n) is 3.95. The summed E-state index contributed by atoms with van der Waals surface area (Å²) in [5.41, 5.74) is 0.275. The topological polar surface area (TPSA) is 26.3 Å². The van der Waals surface area contributed by atoms with Crippen LogP contribution in [0.4, 0.5) is 8.78 Å². The van der Waals surface area contributed by atoms with Gasteiger partial charge in [0.15, 0.2) is 5.78 Å². The molecule has 0 amide bonds. The summed E-state index contributed by atoms with van der Waals surface area (Å²) in [5.74, 6) is -0.493. The molecule has 0 atom stereocenters. The fourth-order valence-corrected chi connectivity index (χ4v) is 1.19. The van der Waals surface area contributed by atoms with E-state index < -0.39 is 6.61 Å². The van der Waals surface area contributed by atoms with Crippen LogP contribution in [0.3, 0.4) is 0 Å². The summed E-state index contributed by atoms with van der Waals surface area (Å²) in [5, 5.41) is -0.0389. The molecule has 0 fully saturated rings. The SMILES string of the molecule is C=CC(=O)c1ccc(OC(F)F)c(Cl)c1. The van der Waals surface area contributed by atoms with Crippen molar-refractivity contribution < 1.29 is 18.3 Å². The molecule has 0 radical (unpaired) electrons. The summed E-state index contributed by atoms with van der Waals surface area (Å²) in [6, 6.07) is 3.81. The van der Waals surface area contributed by atoms with Gasteiger partial charge in [-0.1, -0.05) is 18.2 Å². The van der Waals surface area contributed by atoms with E-state index in [1.54, 1.807) is 0 Å². The lowest BCUT2D eigenvalue weighted by Gasteiger charge is -2.06. The van der Waals surface area contributed by atoms with Gasteiger partial charge in [0, 0.05) is 5.56 Å². The molecule has 1 aromatic rings. The first-order valence-corrected chi connectivity index (χ1v) is 4.33. The minimum absolute atomic E-state index is 0.0389. The van der Waals surface area contributed by atoms with Crippen LogP contribution in [0.5, 0.6) is 5.75 Å². The van der Waals surface area contributed by atoms with Gasteiger partial charge in [-0.05, 0) is 24.3 Å². The fraction of sp³-hybridized carbons (Fsp3) is 0.100. The number of benzene rings is 1. The summed E-state index contributed by atoms with van der Waals surface area (Å²) in [6.45, 7) is 0.352. The van der Waals surface area contributed by atoms with E-state index in [0.29, 0.717) is 0 Å². The van der Waals surface area contributed by atoms with E-state index >= 15 is 0 Å². The van der Waals surface area contributed by atoms with E-state index in [9.17, 15) is 13.6 Å². The number of alkyl halides is 2. The van der Waals surface area contributed by atoms with Crippen LogP contribution >= 0.6 is 11.6 Å². The van der Waals surface area contributed by atoms with Crippen LogP contribution in [0.2, 0.25) is 5.02 Å². The van der Waals surface area contributed by atoms with Crippen LogP contribution < -0.4 is 4.74 Å². The summed E-state index contributed by atoms with van der Waals surface area (Å²) in [7, 11) is 0. The molecule has 0 aliphatic carbocycles. The summed E-state index contributed by atoms with van der Waals surface area (Å²) in [4.78, 5) is 11.1. The van der Waals surface area contributed by atoms with E-state index in [4.69, 9.17) is 11.6 Å². The second-order valence-corrected chi connectivity index (χ2v) is 3.00. The van der Waals surface area contributed by atoms with Crippen molar-refractivity contribution in [2.24, 2.45) is 0 Å². The molecule has 0 bridgehead atoms. The Bertz CT molecular complexity index is 391. The molecule has 0 aliphatic heterocycles. The molecule has 15 heavy (non-hydrogen) atoms. The highest BCUT2D eigenvalue weighted by Crippen LogP contribution is 2.27. The van der Waals surface area contributed by atoms with Gasteiger partial charge in [0.1, 0.15) is 5.75 Å². The summed E-state index contributed by atoms with van der Waals surface area (Å²) in [6.07, 6.45) is 1.11. The second kappa shape index (κ2) is 4.89. The predicted molar refractivity (Wildman–Crippen MR) is 52.6 cm³/mol. The Morgan fingerprint density at radius 1 is 1.53 bits per heavy atom. The smallest absolute Gasteiger partial charge is 0.387 e. The van der Waals surface area contributed by atoms with Crippen LogP contribution in [-0.4, -0.2) is 12.4 Å². The van der Waals surface area contributed by atoms with Crippen molar-refractivity contribution >= 4 is 17.4 Å². The number of ether oxygens (including phenoxy) is 1. The zero-order valence-electron chi connectivity index (χ0n) is 7.54. The minimum atomic E-state index is -2.94. The number of halogens is 3. The zero-order chi connectivity index (χ0) is 11.4. The second-order valence-electron chi connectivity index (χ2n) is 2.59. The molecule has 0 aliphatic rings. The number of carbonyl (C=O) groups excluding carboxylic acids is 1. The average molecular weight is 233 g/mol. The lowest BCUT2D eigenvalue weighted by Crippen LogP contribution is -2.03. The first-order chi connectivity index (χ1) is 7.04. The number of hydrogen-bond acceptors (Lipinski definition) is 2. The molecule has 0 spiro atoms. The number of allylic oxidation sites excluding steroid dienone is 1. The van der Waals surface area contributed by atoms with Gasteiger partial charge < -0.3 is 4.74 Å². The Balaban J connectivity index is 2.97. The molecule has 1 aromatic carbocycles. The number of rotatable bonds is 4. The van der Waals surface area contributed by atoms with Crippen molar-refractivity contribution in [3.8, 4) is 5.75 Å². The molecule has 0 unspecified atom stereocenters. The third kappa shape index (κ3) is 3.02. The van der Waals surface area contributed by atoms with Gasteiger partial charge in [-0.3, -0.25) is 4.79 Å². The van der Waals surface area contributed by atoms with Gasteiger partial charge in [-0.25, -0.2) is 0 Å². The minimum Gasteiger partial charge on any atom is -0.433 e. The van der Waals surface area contributed by atoms with E-state index in [-0.39, 0.29) is 22.1 Å². The third-order valence-electron chi connectivity index (χ3n) is 1.62. The Morgan fingerprint density at radius 3 is 2.67 bits per heavy atom. The van der Waals surface area contributed by atoms with Crippen molar-refractivity contribution in [1.29, 1.82) is 0 Å². The fourth-order valence-electron chi connectivity index (χ4n) is 0.964. The molecule has 5 heteroatoms. The van der Waals surface area contributed by atoms with Gasteiger partial charge >= 0.3 is 6.61 Å². The highest BCUT2D eigenvalue weighted by molar-refractivity contribution is 6.32. The van der Waals surface area contributed by atoms with Gasteiger partial charge in [-0.2, -0.15) is 8.78 Å². The van der Waals surface area contributed by atoms with Crippen molar-refractivity contribution in [1.82, 2.24) is 0 Å². The highest BCUT2D eigenvalue weighted by atomic mass is 35.5. The van der Waals surface area contributed by atoms with Crippen LogP contribution in [0, 0.1) is 0 Å².